The minimum Gasteiger partial charge on any atom is -0.394 e. The summed E-state index contributed by atoms with van der Waals surface area (Å²) < 4.78 is 0. The third-order valence-corrected chi connectivity index (χ3v) is 3.52. The number of aliphatic hydroxyl groups is 1. The molecule has 6 heteroatoms. The molecule has 1 atom stereocenters. The van der Waals surface area contributed by atoms with Gasteiger partial charge < -0.3 is 21.1 Å². The van der Waals surface area contributed by atoms with Crippen LogP contribution in [0.3, 0.4) is 0 Å². The number of rotatable bonds is 3. The number of primary amides is 1. The molecule has 0 saturated carbocycles. The van der Waals surface area contributed by atoms with Crippen LogP contribution in [-0.2, 0) is 0 Å². The van der Waals surface area contributed by atoms with E-state index in [0.29, 0.717) is 17.8 Å². The first-order chi connectivity index (χ1) is 9.61. The standard InChI is InChI=1S/C14H19N3O3/c15-13(19)10-4-6-11(7-5-10)16-14(20)17-8-2-1-3-12(17)9-18/h4-7,12,18H,1-3,8-9H2,(H2,15,19)(H,16,20). The zero-order valence-electron chi connectivity index (χ0n) is 11.2. The van der Waals surface area contributed by atoms with Gasteiger partial charge in [0.15, 0.2) is 0 Å². The van der Waals surface area contributed by atoms with Crippen LogP contribution < -0.4 is 11.1 Å². The van der Waals surface area contributed by atoms with Crippen LogP contribution in [0, 0.1) is 0 Å². The molecule has 0 aliphatic carbocycles. The minimum atomic E-state index is -0.501. The lowest BCUT2D eigenvalue weighted by Crippen LogP contribution is -2.47. The van der Waals surface area contributed by atoms with Crippen molar-refractivity contribution < 1.29 is 14.7 Å². The molecule has 1 aromatic carbocycles. The monoisotopic (exact) mass is 277 g/mol. The molecule has 1 aromatic rings. The van der Waals surface area contributed by atoms with Crippen LogP contribution in [0.15, 0.2) is 24.3 Å². The highest BCUT2D eigenvalue weighted by Gasteiger charge is 2.25. The topological polar surface area (TPSA) is 95.7 Å². The molecule has 4 N–H and O–H groups in total. The van der Waals surface area contributed by atoms with Crippen molar-refractivity contribution in [3.8, 4) is 0 Å². The molecular formula is C14H19N3O3. The highest BCUT2D eigenvalue weighted by Crippen LogP contribution is 2.18. The van der Waals surface area contributed by atoms with Gasteiger partial charge in [-0.1, -0.05) is 0 Å². The summed E-state index contributed by atoms with van der Waals surface area (Å²) in [7, 11) is 0. The Labute approximate surface area is 117 Å². The number of piperidine rings is 1. The molecule has 1 fully saturated rings. The van der Waals surface area contributed by atoms with Gasteiger partial charge in [0.05, 0.1) is 12.6 Å². The van der Waals surface area contributed by atoms with Gasteiger partial charge in [-0.15, -0.1) is 0 Å². The van der Waals surface area contributed by atoms with Crippen LogP contribution in [0.2, 0.25) is 0 Å². The number of amides is 3. The van der Waals surface area contributed by atoms with Crippen molar-refractivity contribution in [2.24, 2.45) is 5.73 Å². The van der Waals surface area contributed by atoms with Gasteiger partial charge in [0.2, 0.25) is 5.91 Å². The van der Waals surface area contributed by atoms with Crippen LogP contribution in [0.4, 0.5) is 10.5 Å². The minimum absolute atomic E-state index is 0.0198. The number of hydrogen-bond donors (Lipinski definition) is 3. The number of benzene rings is 1. The molecule has 1 saturated heterocycles. The Bertz CT molecular complexity index is 487. The zero-order chi connectivity index (χ0) is 14.5. The van der Waals surface area contributed by atoms with E-state index in [1.807, 2.05) is 0 Å². The normalized spacial score (nSPS) is 18.6. The van der Waals surface area contributed by atoms with Crippen molar-refractivity contribution >= 4 is 17.6 Å². The van der Waals surface area contributed by atoms with E-state index in [2.05, 4.69) is 5.32 Å². The Morgan fingerprint density at radius 2 is 2.00 bits per heavy atom. The molecule has 108 valence electrons. The van der Waals surface area contributed by atoms with E-state index >= 15 is 0 Å². The molecule has 1 unspecified atom stereocenters. The Hall–Kier alpha value is -2.08. The van der Waals surface area contributed by atoms with Gasteiger partial charge in [0.25, 0.3) is 0 Å². The number of nitrogens with two attached hydrogens (primary N) is 1. The van der Waals surface area contributed by atoms with E-state index in [1.165, 1.54) is 0 Å². The van der Waals surface area contributed by atoms with Gasteiger partial charge in [-0.05, 0) is 43.5 Å². The van der Waals surface area contributed by atoms with Gasteiger partial charge >= 0.3 is 6.03 Å². The molecule has 0 radical (unpaired) electrons. The van der Waals surface area contributed by atoms with Crippen molar-refractivity contribution in [2.45, 2.75) is 25.3 Å². The lowest BCUT2D eigenvalue weighted by Gasteiger charge is -2.34. The first-order valence-electron chi connectivity index (χ1n) is 6.70. The summed E-state index contributed by atoms with van der Waals surface area (Å²) in [5, 5.41) is 12.1. The van der Waals surface area contributed by atoms with Crippen LogP contribution >= 0.6 is 0 Å². The van der Waals surface area contributed by atoms with Crippen molar-refractivity contribution in [1.82, 2.24) is 4.90 Å². The first kappa shape index (κ1) is 14.3. The second-order valence-electron chi connectivity index (χ2n) is 4.90. The van der Waals surface area contributed by atoms with E-state index < -0.39 is 5.91 Å². The maximum absolute atomic E-state index is 12.2. The van der Waals surface area contributed by atoms with E-state index in [-0.39, 0.29) is 18.7 Å². The van der Waals surface area contributed by atoms with Crippen LogP contribution in [0.5, 0.6) is 0 Å². The number of nitrogens with zero attached hydrogens (tertiary/aromatic N) is 1. The van der Waals surface area contributed by atoms with Gasteiger partial charge in [-0.3, -0.25) is 4.79 Å². The first-order valence-corrected chi connectivity index (χ1v) is 6.70. The average Bonchev–Trinajstić information content (AvgIpc) is 2.47. The molecule has 20 heavy (non-hydrogen) atoms. The third kappa shape index (κ3) is 3.27. The highest BCUT2D eigenvalue weighted by molar-refractivity contribution is 5.94. The quantitative estimate of drug-likeness (QED) is 0.773. The molecule has 1 heterocycles. The van der Waals surface area contributed by atoms with Crippen molar-refractivity contribution in [1.29, 1.82) is 0 Å². The number of urea groups is 1. The number of carbonyl (C=O) groups is 2. The summed E-state index contributed by atoms with van der Waals surface area (Å²) in [6.07, 6.45) is 2.80. The van der Waals surface area contributed by atoms with Gasteiger partial charge in [0, 0.05) is 17.8 Å². The predicted octanol–water partition coefficient (Wildman–Crippen LogP) is 1.16. The molecule has 0 aromatic heterocycles. The fourth-order valence-corrected chi connectivity index (χ4v) is 2.37. The number of hydrogen-bond acceptors (Lipinski definition) is 3. The third-order valence-electron chi connectivity index (χ3n) is 3.52. The van der Waals surface area contributed by atoms with Gasteiger partial charge in [-0.25, -0.2) is 4.79 Å². The molecule has 1 aliphatic heterocycles. The molecule has 6 nitrogen and oxygen atoms in total. The van der Waals surface area contributed by atoms with Gasteiger partial charge in [-0.2, -0.15) is 0 Å². The van der Waals surface area contributed by atoms with Crippen LogP contribution in [0.25, 0.3) is 0 Å². The maximum atomic E-state index is 12.2. The summed E-state index contributed by atoms with van der Waals surface area (Å²) in [6.45, 7) is 0.629. The zero-order valence-corrected chi connectivity index (χ0v) is 11.2. The SMILES string of the molecule is NC(=O)c1ccc(NC(=O)N2CCCCC2CO)cc1. The maximum Gasteiger partial charge on any atom is 0.322 e. The Morgan fingerprint density at radius 3 is 2.60 bits per heavy atom. The second kappa shape index (κ2) is 6.38. The smallest absolute Gasteiger partial charge is 0.322 e. The van der Waals surface area contributed by atoms with Gasteiger partial charge in [0.1, 0.15) is 0 Å². The van der Waals surface area contributed by atoms with Crippen LogP contribution in [-0.4, -0.2) is 41.1 Å². The van der Waals surface area contributed by atoms with E-state index in [0.717, 1.165) is 19.3 Å². The number of likely N-dealkylation sites (tertiary alicyclic amines) is 1. The number of aliphatic hydroxyl groups excluding tert-OH is 1. The summed E-state index contributed by atoms with van der Waals surface area (Å²) in [4.78, 5) is 24.8. The predicted molar refractivity (Wildman–Crippen MR) is 75.4 cm³/mol. The lowest BCUT2D eigenvalue weighted by molar-refractivity contribution is 0.100. The lowest BCUT2D eigenvalue weighted by atomic mass is 10.0. The number of anilines is 1. The van der Waals surface area contributed by atoms with E-state index in [9.17, 15) is 14.7 Å². The summed E-state index contributed by atoms with van der Waals surface area (Å²) in [5.41, 5.74) is 6.15. The molecular weight excluding hydrogens is 258 g/mol. The average molecular weight is 277 g/mol. The van der Waals surface area contributed by atoms with Crippen LogP contribution in [0.1, 0.15) is 29.6 Å². The fourth-order valence-electron chi connectivity index (χ4n) is 2.37. The largest absolute Gasteiger partial charge is 0.394 e. The Balaban J connectivity index is 2.01. The Morgan fingerprint density at radius 1 is 1.30 bits per heavy atom. The van der Waals surface area contributed by atoms with Crippen molar-refractivity contribution in [2.75, 3.05) is 18.5 Å². The van der Waals surface area contributed by atoms with Crippen molar-refractivity contribution in [3.05, 3.63) is 29.8 Å². The van der Waals surface area contributed by atoms with E-state index in [4.69, 9.17) is 5.73 Å². The number of carbonyl (C=O) groups excluding carboxylic acids is 2. The molecule has 3 amide bonds. The van der Waals surface area contributed by atoms with E-state index in [1.54, 1.807) is 29.2 Å². The fraction of sp³-hybridized carbons (Fsp3) is 0.429. The molecule has 0 bridgehead atoms. The molecule has 1 aliphatic rings. The number of nitrogens with one attached hydrogen (secondary N) is 1. The summed E-state index contributed by atoms with van der Waals surface area (Å²) in [6, 6.07) is 6.06. The molecule has 2 rings (SSSR count). The second-order valence-corrected chi connectivity index (χ2v) is 4.90. The summed E-state index contributed by atoms with van der Waals surface area (Å²) in [5.74, 6) is -0.501. The summed E-state index contributed by atoms with van der Waals surface area (Å²) >= 11 is 0. The Kier molecular flexibility index (Phi) is 4.57. The highest BCUT2D eigenvalue weighted by atomic mass is 16.3. The molecule has 0 spiro atoms. The van der Waals surface area contributed by atoms with Crippen molar-refractivity contribution in [3.63, 3.8) is 0 Å².